The molecule has 0 aliphatic heterocycles. The zero-order valence-electron chi connectivity index (χ0n) is 14.4. The van der Waals surface area contributed by atoms with Gasteiger partial charge in [-0.3, -0.25) is 0 Å². The van der Waals surface area contributed by atoms with E-state index < -0.39 is 0 Å². The Morgan fingerprint density at radius 2 is 2.04 bits per heavy atom. The molecule has 0 saturated carbocycles. The molecule has 2 N–H and O–H groups in total. The summed E-state index contributed by atoms with van der Waals surface area (Å²) in [5, 5.41) is 10.7. The average molecular weight is 427 g/mol. The predicted molar refractivity (Wildman–Crippen MR) is 107 cm³/mol. The van der Waals surface area contributed by atoms with E-state index in [4.69, 9.17) is 0 Å². The Bertz CT molecular complexity index is 1110. The molecule has 0 atom stereocenters. The van der Waals surface area contributed by atoms with Gasteiger partial charge in [-0.05, 0) is 45.8 Å². The number of hydrogen-bond donors (Lipinski definition) is 2. The summed E-state index contributed by atoms with van der Waals surface area (Å²) in [6, 6.07) is 12.3. The van der Waals surface area contributed by atoms with Crippen molar-refractivity contribution in [1.82, 2.24) is 19.6 Å². The third kappa shape index (κ3) is 3.48. The quantitative estimate of drug-likeness (QED) is 0.496. The van der Waals surface area contributed by atoms with Crippen LogP contribution in [0.5, 0.6) is 0 Å². The Labute approximate surface area is 163 Å². The molecule has 0 bridgehead atoms. The van der Waals surface area contributed by atoms with Crippen LogP contribution in [0, 0.1) is 5.82 Å². The van der Waals surface area contributed by atoms with Crippen LogP contribution >= 0.6 is 15.9 Å². The monoisotopic (exact) mass is 426 g/mol. The van der Waals surface area contributed by atoms with Crippen LogP contribution in [0.1, 0.15) is 5.56 Å². The van der Waals surface area contributed by atoms with Crippen molar-refractivity contribution in [2.75, 3.05) is 17.7 Å². The minimum atomic E-state index is -0.316. The van der Waals surface area contributed by atoms with E-state index in [9.17, 15) is 4.39 Å². The second-order valence-electron chi connectivity index (χ2n) is 5.89. The van der Waals surface area contributed by atoms with Gasteiger partial charge in [0, 0.05) is 31.4 Å². The van der Waals surface area contributed by atoms with Crippen molar-refractivity contribution in [3.05, 3.63) is 70.7 Å². The van der Waals surface area contributed by atoms with Gasteiger partial charge in [0.1, 0.15) is 17.5 Å². The van der Waals surface area contributed by atoms with Crippen LogP contribution < -0.4 is 10.6 Å². The van der Waals surface area contributed by atoms with Crippen molar-refractivity contribution in [2.45, 2.75) is 6.54 Å². The number of anilines is 2. The fourth-order valence-corrected chi connectivity index (χ4v) is 3.13. The van der Waals surface area contributed by atoms with Gasteiger partial charge in [-0.2, -0.15) is 9.61 Å². The highest BCUT2D eigenvalue weighted by Crippen LogP contribution is 2.27. The number of halogens is 2. The number of aromatic nitrogens is 4. The smallest absolute Gasteiger partial charge is 0.172 e. The molecule has 27 heavy (non-hydrogen) atoms. The fourth-order valence-electron chi connectivity index (χ4n) is 2.78. The van der Waals surface area contributed by atoms with Gasteiger partial charge in [0.05, 0.1) is 16.4 Å². The molecule has 0 aliphatic rings. The Hall–Kier alpha value is -3.00. The van der Waals surface area contributed by atoms with Gasteiger partial charge in [-0.15, -0.1) is 0 Å². The molecule has 0 fully saturated rings. The molecule has 0 amide bonds. The van der Waals surface area contributed by atoms with E-state index in [-0.39, 0.29) is 5.82 Å². The second-order valence-corrected chi connectivity index (χ2v) is 6.74. The molecule has 3 heterocycles. The van der Waals surface area contributed by atoms with Crippen molar-refractivity contribution in [2.24, 2.45) is 0 Å². The van der Waals surface area contributed by atoms with Crippen LogP contribution in [0.15, 0.2) is 59.3 Å². The maximum absolute atomic E-state index is 14.3. The zero-order chi connectivity index (χ0) is 18.8. The maximum Gasteiger partial charge on any atom is 0.172 e. The van der Waals surface area contributed by atoms with Crippen LogP contribution in [-0.4, -0.2) is 26.6 Å². The highest BCUT2D eigenvalue weighted by Gasteiger charge is 2.13. The minimum absolute atomic E-state index is 0.316. The largest absolute Gasteiger partial charge is 0.373 e. The van der Waals surface area contributed by atoms with Gasteiger partial charge < -0.3 is 10.6 Å². The summed E-state index contributed by atoms with van der Waals surface area (Å²) in [5.74, 6) is 1.19. The first-order chi connectivity index (χ1) is 13.2. The molecule has 0 saturated heterocycles. The summed E-state index contributed by atoms with van der Waals surface area (Å²) in [5.41, 5.74) is 2.65. The Kier molecular flexibility index (Phi) is 4.72. The van der Waals surface area contributed by atoms with Crippen molar-refractivity contribution in [3.8, 4) is 11.3 Å². The van der Waals surface area contributed by atoms with E-state index in [1.165, 1.54) is 6.07 Å². The van der Waals surface area contributed by atoms with Crippen LogP contribution in [0.4, 0.5) is 16.0 Å². The fraction of sp³-hybridized carbons (Fsp3) is 0.105. The van der Waals surface area contributed by atoms with Crippen molar-refractivity contribution >= 4 is 33.2 Å². The molecule has 0 radical (unpaired) electrons. The minimum Gasteiger partial charge on any atom is -0.373 e. The first-order valence-corrected chi connectivity index (χ1v) is 9.11. The number of hydrogen-bond acceptors (Lipinski definition) is 5. The van der Waals surface area contributed by atoms with Gasteiger partial charge in [0.15, 0.2) is 5.65 Å². The molecule has 0 unspecified atom stereocenters. The first kappa shape index (κ1) is 17.4. The molecule has 6 nitrogen and oxygen atoms in total. The molecular weight excluding hydrogens is 411 g/mol. The normalized spacial score (nSPS) is 10.9. The predicted octanol–water partition coefficient (Wildman–Crippen LogP) is 4.35. The topological polar surface area (TPSA) is 67.1 Å². The summed E-state index contributed by atoms with van der Waals surface area (Å²) in [6.45, 7) is 0.560. The highest BCUT2D eigenvalue weighted by atomic mass is 79.9. The lowest BCUT2D eigenvalue weighted by Gasteiger charge is -2.12. The Morgan fingerprint density at radius 3 is 2.85 bits per heavy atom. The molecule has 8 heteroatoms. The molecule has 0 aliphatic carbocycles. The summed E-state index contributed by atoms with van der Waals surface area (Å²) in [7, 11) is 1.83. The van der Waals surface area contributed by atoms with Gasteiger partial charge >= 0.3 is 0 Å². The summed E-state index contributed by atoms with van der Waals surface area (Å²) < 4.78 is 16.7. The van der Waals surface area contributed by atoms with E-state index in [2.05, 4.69) is 41.6 Å². The summed E-state index contributed by atoms with van der Waals surface area (Å²) in [6.07, 6.45) is 3.42. The van der Waals surface area contributed by atoms with Crippen molar-refractivity contribution in [1.29, 1.82) is 0 Å². The maximum atomic E-state index is 14.3. The van der Waals surface area contributed by atoms with E-state index in [0.29, 0.717) is 29.3 Å². The van der Waals surface area contributed by atoms with Crippen molar-refractivity contribution in [3.63, 3.8) is 0 Å². The van der Waals surface area contributed by atoms with Gasteiger partial charge in [-0.1, -0.05) is 12.1 Å². The average Bonchev–Trinajstić information content (AvgIpc) is 3.07. The van der Waals surface area contributed by atoms with Gasteiger partial charge in [0.2, 0.25) is 0 Å². The third-order valence-electron chi connectivity index (χ3n) is 4.13. The van der Waals surface area contributed by atoms with Crippen molar-refractivity contribution < 1.29 is 4.39 Å². The Balaban J connectivity index is 1.74. The molecule has 4 aromatic rings. The Morgan fingerprint density at radius 1 is 1.19 bits per heavy atom. The van der Waals surface area contributed by atoms with Crippen LogP contribution in [0.3, 0.4) is 0 Å². The zero-order valence-corrected chi connectivity index (χ0v) is 16.0. The molecule has 136 valence electrons. The molecule has 1 aromatic carbocycles. The van der Waals surface area contributed by atoms with Crippen LogP contribution in [0.25, 0.3) is 16.9 Å². The third-order valence-corrected chi connectivity index (χ3v) is 4.69. The number of benzene rings is 1. The highest BCUT2D eigenvalue weighted by molar-refractivity contribution is 9.10. The SMILES string of the molecule is CNc1cc(CNc2cc(-c3ccccc3F)nc3c(Br)cnn23)ccn1. The van der Waals surface area contributed by atoms with Crippen LogP contribution in [-0.2, 0) is 6.54 Å². The molecule has 4 rings (SSSR count). The lowest BCUT2D eigenvalue weighted by atomic mass is 10.1. The van der Waals surface area contributed by atoms with E-state index in [1.54, 1.807) is 41.2 Å². The molecule has 3 aromatic heterocycles. The molecule has 0 spiro atoms. The number of nitrogens with one attached hydrogen (secondary N) is 2. The van der Waals surface area contributed by atoms with Gasteiger partial charge in [0.25, 0.3) is 0 Å². The van der Waals surface area contributed by atoms with E-state index in [1.807, 2.05) is 19.2 Å². The van der Waals surface area contributed by atoms with Crippen LogP contribution in [0.2, 0.25) is 0 Å². The number of nitrogens with zero attached hydrogens (tertiary/aromatic N) is 4. The lowest BCUT2D eigenvalue weighted by molar-refractivity contribution is 0.630. The summed E-state index contributed by atoms with van der Waals surface area (Å²) >= 11 is 3.46. The number of fused-ring (bicyclic) bond motifs is 1. The first-order valence-electron chi connectivity index (χ1n) is 8.31. The van der Waals surface area contributed by atoms with Gasteiger partial charge in [-0.25, -0.2) is 14.4 Å². The summed E-state index contributed by atoms with van der Waals surface area (Å²) in [4.78, 5) is 8.78. The molecular formula is C19H16BrFN6. The van der Waals surface area contributed by atoms with E-state index in [0.717, 1.165) is 15.9 Å². The van der Waals surface area contributed by atoms with E-state index >= 15 is 0 Å². The standard InChI is InChI=1S/C19H16BrFN6/c1-22-17-8-12(6-7-23-17)10-24-18-9-16(13-4-2-3-5-15(13)21)26-19-14(20)11-25-27(18)19/h2-9,11,24H,10H2,1H3,(H,22,23). The second kappa shape index (κ2) is 7.32. The number of pyridine rings is 1. The number of rotatable bonds is 5. The lowest BCUT2D eigenvalue weighted by Crippen LogP contribution is -2.07.